The van der Waals surface area contributed by atoms with E-state index in [1.165, 1.54) is 6.07 Å². The van der Waals surface area contributed by atoms with Gasteiger partial charge in [0.15, 0.2) is 5.69 Å². The van der Waals surface area contributed by atoms with Crippen LogP contribution in [0.25, 0.3) is 0 Å². The number of aromatic nitrogens is 2. The number of anilines is 1. The van der Waals surface area contributed by atoms with Crippen molar-refractivity contribution in [3.63, 3.8) is 0 Å². The highest BCUT2D eigenvalue weighted by Crippen LogP contribution is 2.15. The minimum absolute atomic E-state index is 0.0473. The molecule has 0 atom stereocenters. The molecule has 1 amide bonds. The molecule has 3 rings (SSSR count). The molecule has 1 aromatic carbocycles. The highest BCUT2D eigenvalue weighted by Gasteiger charge is 2.14. The Morgan fingerprint density at radius 3 is 2.79 bits per heavy atom. The molecule has 6 nitrogen and oxygen atoms in total. The highest BCUT2D eigenvalue weighted by molar-refractivity contribution is 6.02. The molecule has 2 aromatic rings. The van der Waals surface area contributed by atoms with Gasteiger partial charge in [0.05, 0.1) is 13.2 Å². The van der Waals surface area contributed by atoms with Crippen molar-refractivity contribution in [2.75, 3.05) is 31.6 Å². The monoisotopic (exact) mass is 336 g/mol. The first kappa shape index (κ1) is 16.5. The van der Waals surface area contributed by atoms with Crippen LogP contribution < -0.4 is 5.32 Å². The number of rotatable bonds is 5. The van der Waals surface area contributed by atoms with E-state index < -0.39 is 12.5 Å². The summed E-state index contributed by atoms with van der Waals surface area (Å²) in [6, 6.07) is 8.72. The lowest BCUT2D eigenvalue weighted by Crippen LogP contribution is -2.35. The van der Waals surface area contributed by atoms with E-state index in [4.69, 9.17) is 4.74 Å². The molecule has 1 aliphatic rings. The summed E-state index contributed by atoms with van der Waals surface area (Å²) < 4.78 is 30.8. The Labute approximate surface area is 138 Å². The van der Waals surface area contributed by atoms with Crippen LogP contribution in [0.3, 0.4) is 0 Å². The van der Waals surface area contributed by atoms with E-state index in [2.05, 4.69) is 15.3 Å². The molecule has 8 heteroatoms. The number of ether oxygens (including phenoxy) is 1. The molecule has 1 aromatic heterocycles. The van der Waals surface area contributed by atoms with E-state index in [1.54, 1.807) is 6.07 Å². The van der Waals surface area contributed by atoms with Crippen LogP contribution in [0.2, 0.25) is 0 Å². The molecule has 0 spiro atoms. The van der Waals surface area contributed by atoms with Gasteiger partial charge in [-0.2, -0.15) is 13.9 Å². The summed E-state index contributed by atoms with van der Waals surface area (Å²) in [5.74, 6) is -0.516. The molecule has 2 heterocycles. The first-order chi connectivity index (χ1) is 11.6. The number of benzene rings is 1. The average molecular weight is 336 g/mol. The summed E-state index contributed by atoms with van der Waals surface area (Å²) in [5, 5.41) is 6.24. The third kappa shape index (κ3) is 4.15. The van der Waals surface area contributed by atoms with Gasteiger partial charge in [-0.15, -0.1) is 0 Å². The van der Waals surface area contributed by atoms with Crippen molar-refractivity contribution in [1.82, 2.24) is 14.7 Å². The van der Waals surface area contributed by atoms with Crippen molar-refractivity contribution in [2.24, 2.45) is 0 Å². The van der Waals surface area contributed by atoms with Gasteiger partial charge < -0.3 is 10.1 Å². The molecule has 1 fully saturated rings. The number of alkyl halides is 2. The summed E-state index contributed by atoms with van der Waals surface area (Å²) in [7, 11) is 0. The minimum atomic E-state index is -2.76. The predicted molar refractivity (Wildman–Crippen MR) is 84.0 cm³/mol. The number of carbonyl (C=O) groups is 1. The van der Waals surface area contributed by atoms with Crippen LogP contribution in [0.5, 0.6) is 0 Å². The summed E-state index contributed by atoms with van der Waals surface area (Å²) >= 11 is 0. The maximum Gasteiger partial charge on any atom is 0.333 e. The first-order valence-electron chi connectivity index (χ1n) is 7.65. The number of halogens is 2. The Balaban J connectivity index is 1.63. The fourth-order valence-electron chi connectivity index (χ4n) is 2.53. The third-order valence-corrected chi connectivity index (χ3v) is 3.74. The van der Waals surface area contributed by atoms with E-state index in [0.717, 1.165) is 44.6 Å². The van der Waals surface area contributed by atoms with Crippen molar-refractivity contribution in [3.8, 4) is 0 Å². The van der Waals surface area contributed by atoms with Crippen LogP contribution in [-0.2, 0) is 11.3 Å². The molecule has 0 saturated carbocycles. The molecule has 1 N–H and O–H groups in total. The molecule has 0 bridgehead atoms. The van der Waals surface area contributed by atoms with Gasteiger partial charge in [-0.05, 0) is 23.8 Å². The lowest BCUT2D eigenvalue weighted by atomic mass is 10.2. The lowest BCUT2D eigenvalue weighted by Gasteiger charge is -2.26. The zero-order chi connectivity index (χ0) is 16.9. The Morgan fingerprint density at radius 1 is 1.29 bits per heavy atom. The van der Waals surface area contributed by atoms with Crippen molar-refractivity contribution >= 4 is 11.6 Å². The summed E-state index contributed by atoms with van der Waals surface area (Å²) in [4.78, 5) is 14.4. The van der Waals surface area contributed by atoms with Gasteiger partial charge in [0.25, 0.3) is 5.91 Å². The molecule has 1 aliphatic heterocycles. The van der Waals surface area contributed by atoms with E-state index in [-0.39, 0.29) is 5.69 Å². The maximum atomic E-state index is 12.5. The second-order valence-electron chi connectivity index (χ2n) is 5.50. The Morgan fingerprint density at radius 2 is 2.08 bits per heavy atom. The van der Waals surface area contributed by atoms with Crippen molar-refractivity contribution < 1.29 is 18.3 Å². The largest absolute Gasteiger partial charge is 0.379 e. The Kier molecular flexibility index (Phi) is 5.17. The van der Waals surface area contributed by atoms with E-state index in [0.29, 0.717) is 10.4 Å². The lowest BCUT2D eigenvalue weighted by molar-refractivity contribution is 0.0342. The standard InChI is InChI=1S/C16H18F2N4O2/c17-16(18)22-5-4-14(20-22)15(23)19-13-3-1-2-12(10-13)11-21-6-8-24-9-7-21/h1-5,10,16H,6-9,11H2,(H,19,23). The highest BCUT2D eigenvalue weighted by atomic mass is 19.3. The first-order valence-corrected chi connectivity index (χ1v) is 7.65. The van der Waals surface area contributed by atoms with E-state index in [9.17, 15) is 13.6 Å². The van der Waals surface area contributed by atoms with Crippen molar-refractivity contribution in [1.29, 1.82) is 0 Å². The van der Waals surface area contributed by atoms with E-state index >= 15 is 0 Å². The van der Waals surface area contributed by atoms with Gasteiger partial charge in [0, 0.05) is 31.5 Å². The normalized spacial score (nSPS) is 15.6. The summed E-state index contributed by atoms with van der Waals surface area (Å²) in [6.45, 7) is 1.21. The van der Waals surface area contributed by atoms with Crippen LogP contribution in [-0.4, -0.2) is 46.9 Å². The Bertz CT molecular complexity index is 699. The van der Waals surface area contributed by atoms with Crippen LogP contribution in [0.15, 0.2) is 36.5 Å². The van der Waals surface area contributed by atoms with Gasteiger partial charge in [-0.1, -0.05) is 12.1 Å². The Hall–Kier alpha value is -2.32. The van der Waals surface area contributed by atoms with Gasteiger partial charge >= 0.3 is 6.55 Å². The van der Waals surface area contributed by atoms with Crippen molar-refractivity contribution in [2.45, 2.75) is 13.1 Å². The SMILES string of the molecule is O=C(Nc1cccc(CN2CCOCC2)c1)c1ccn(C(F)F)n1. The van der Waals surface area contributed by atoms with Gasteiger partial charge in [-0.25, -0.2) is 4.68 Å². The third-order valence-electron chi connectivity index (χ3n) is 3.74. The molecule has 0 unspecified atom stereocenters. The smallest absolute Gasteiger partial charge is 0.333 e. The number of amides is 1. The van der Waals surface area contributed by atoms with Crippen LogP contribution >= 0.6 is 0 Å². The quantitative estimate of drug-likeness (QED) is 0.911. The molecule has 24 heavy (non-hydrogen) atoms. The van der Waals surface area contributed by atoms with Crippen molar-refractivity contribution in [3.05, 3.63) is 47.8 Å². The number of hydrogen-bond acceptors (Lipinski definition) is 4. The average Bonchev–Trinajstić information content (AvgIpc) is 3.06. The van der Waals surface area contributed by atoms with Crippen LogP contribution in [0.4, 0.5) is 14.5 Å². The number of nitrogens with one attached hydrogen (secondary N) is 1. The summed E-state index contributed by atoms with van der Waals surface area (Å²) in [5.41, 5.74) is 1.62. The zero-order valence-electron chi connectivity index (χ0n) is 13.0. The molecule has 128 valence electrons. The molecule has 1 saturated heterocycles. The van der Waals surface area contributed by atoms with E-state index in [1.807, 2.05) is 18.2 Å². The number of carbonyl (C=O) groups excluding carboxylic acids is 1. The fourth-order valence-corrected chi connectivity index (χ4v) is 2.53. The molecular weight excluding hydrogens is 318 g/mol. The van der Waals surface area contributed by atoms with Gasteiger partial charge in [-0.3, -0.25) is 9.69 Å². The van der Waals surface area contributed by atoms with Gasteiger partial charge in [0.1, 0.15) is 0 Å². The zero-order valence-corrected chi connectivity index (χ0v) is 13.0. The summed E-state index contributed by atoms with van der Waals surface area (Å²) in [6.07, 6.45) is 1.08. The molecular formula is C16H18F2N4O2. The second-order valence-corrected chi connectivity index (χ2v) is 5.50. The number of nitrogens with zero attached hydrogens (tertiary/aromatic N) is 3. The second kappa shape index (κ2) is 7.50. The number of hydrogen-bond donors (Lipinski definition) is 1. The van der Waals surface area contributed by atoms with Crippen LogP contribution in [0, 0.1) is 0 Å². The minimum Gasteiger partial charge on any atom is -0.379 e. The molecule has 0 aliphatic carbocycles. The predicted octanol–water partition coefficient (Wildman–Crippen LogP) is 2.36. The number of morpholine rings is 1. The maximum absolute atomic E-state index is 12.5. The molecule has 0 radical (unpaired) electrons. The fraction of sp³-hybridized carbons (Fsp3) is 0.375. The topological polar surface area (TPSA) is 59.4 Å². The van der Waals surface area contributed by atoms with Crippen LogP contribution in [0.1, 0.15) is 22.6 Å². The van der Waals surface area contributed by atoms with Gasteiger partial charge in [0.2, 0.25) is 0 Å².